The van der Waals surface area contributed by atoms with Crippen LogP contribution in [0, 0.1) is 5.82 Å². The molecular weight excluding hydrogens is 191 g/mol. The Labute approximate surface area is 80.8 Å². The molecular formula is C10H8ClFO. The summed E-state index contributed by atoms with van der Waals surface area (Å²) in [5, 5.41) is 0.353. The number of halogens is 2. The van der Waals surface area contributed by atoms with Crippen LogP contribution in [0.5, 0.6) is 5.75 Å². The van der Waals surface area contributed by atoms with Gasteiger partial charge in [0.15, 0.2) is 0 Å². The zero-order valence-corrected chi connectivity index (χ0v) is 7.70. The predicted molar refractivity (Wildman–Crippen MR) is 50.6 cm³/mol. The van der Waals surface area contributed by atoms with Gasteiger partial charge in [0.25, 0.3) is 0 Å². The van der Waals surface area contributed by atoms with Gasteiger partial charge >= 0.3 is 0 Å². The molecule has 0 saturated carbocycles. The lowest BCUT2D eigenvalue weighted by Crippen LogP contribution is -2.08. The summed E-state index contributed by atoms with van der Waals surface area (Å²) in [6, 6.07) is 2.89. The Morgan fingerprint density at radius 1 is 1.46 bits per heavy atom. The number of hydrogen-bond donors (Lipinski definition) is 0. The van der Waals surface area contributed by atoms with Crippen LogP contribution in [0.15, 0.2) is 18.7 Å². The molecule has 1 aliphatic heterocycles. The zero-order valence-electron chi connectivity index (χ0n) is 6.94. The number of fused-ring (bicyclic) bond motifs is 1. The topological polar surface area (TPSA) is 9.23 Å². The Bertz CT molecular complexity index is 373. The predicted octanol–water partition coefficient (Wildman–Crippen LogP) is 3.27. The summed E-state index contributed by atoms with van der Waals surface area (Å²) in [5.41, 5.74) is 1.24. The minimum atomic E-state index is -0.354. The van der Waals surface area contributed by atoms with Crippen molar-refractivity contribution in [2.24, 2.45) is 0 Å². The highest BCUT2D eigenvalue weighted by molar-refractivity contribution is 6.30. The summed E-state index contributed by atoms with van der Waals surface area (Å²) < 4.78 is 18.6. The van der Waals surface area contributed by atoms with Crippen molar-refractivity contribution in [1.29, 1.82) is 0 Å². The molecule has 1 aromatic carbocycles. The Kier molecular flexibility index (Phi) is 2.00. The van der Waals surface area contributed by atoms with Gasteiger partial charge in [0.1, 0.15) is 11.6 Å². The van der Waals surface area contributed by atoms with E-state index in [4.69, 9.17) is 16.3 Å². The monoisotopic (exact) mass is 198 g/mol. The standard InChI is InChI=1S/C10H8ClFO/c1-6-2-3-13-9-5-7(11)4-8(12)10(6)9/h4-5H,1-3H2. The van der Waals surface area contributed by atoms with Gasteiger partial charge in [-0.05, 0) is 17.7 Å². The Morgan fingerprint density at radius 3 is 3.00 bits per heavy atom. The minimum absolute atomic E-state index is 0.353. The molecule has 2 rings (SSSR count). The van der Waals surface area contributed by atoms with E-state index in [1.165, 1.54) is 6.07 Å². The molecule has 0 bridgehead atoms. The van der Waals surface area contributed by atoms with Crippen molar-refractivity contribution in [3.63, 3.8) is 0 Å². The third-order valence-electron chi connectivity index (χ3n) is 2.03. The fourth-order valence-corrected chi connectivity index (χ4v) is 1.61. The molecule has 1 nitrogen and oxygen atoms in total. The van der Waals surface area contributed by atoms with Gasteiger partial charge in [0.05, 0.1) is 12.2 Å². The molecule has 13 heavy (non-hydrogen) atoms. The van der Waals surface area contributed by atoms with E-state index in [-0.39, 0.29) is 5.82 Å². The quantitative estimate of drug-likeness (QED) is 0.622. The second-order valence-electron chi connectivity index (χ2n) is 2.96. The first-order valence-electron chi connectivity index (χ1n) is 3.98. The number of benzene rings is 1. The van der Waals surface area contributed by atoms with Crippen molar-refractivity contribution in [2.45, 2.75) is 6.42 Å². The number of rotatable bonds is 0. The van der Waals surface area contributed by atoms with E-state index in [1.807, 2.05) is 0 Å². The molecule has 0 atom stereocenters. The summed E-state index contributed by atoms with van der Waals surface area (Å²) in [5.74, 6) is 0.147. The lowest BCUT2D eigenvalue weighted by atomic mass is 10.0. The van der Waals surface area contributed by atoms with Gasteiger partial charge in [-0.15, -0.1) is 0 Å². The van der Waals surface area contributed by atoms with E-state index >= 15 is 0 Å². The highest BCUT2D eigenvalue weighted by atomic mass is 35.5. The fourth-order valence-electron chi connectivity index (χ4n) is 1.42. The van der Waals surface area contributed by atoms with Crippen LogP contribution in [0.25, 0.3) is 5.57 Å². The first-order valence-corrected chi connectivity index (χ1v) is 4.36. The summed E-state index contributed by atoms with van der Waals surface area (Å²) >= 11 is 5.68. The first-order chi connectivity index (χ1) is 6.18. The van der Waals surface area contributed by atoms with Gasteiger partial charge in [0, 0.05) is 11.4 Å². The fraction of sp³-hybridized carbons (Fsp3) is 0.200. The molecule has 0 N–H and O–H groups in total. The van der Waals surface area contributed by atoms with Crippen molar-refractivity contribution < 1.29 is 9.13 Å². The van der Waals surface area contributed by atoms with Crippen molar-refractivity contribution >= 4 is 17.2 Å². The van der Waals surface area contributed by atoms with E-state index in [1.54, 1.807) is 6.07 Å². The SMILES string of the molecule is C=C1CCOc2cc(Cl)cc(F)c21. The summed E-state index contributed by atoms with van der Waals surface area (Å²) in [7, 11) is 0. The van der Waals surface area contributed by atoms with E-state index < -0.39 is 0 Å². The number of ether oxygens (including phenoxy) is 1. The highest BCUT2D eigenvalue weighted by Crippen LogP contribution is 2.35. The summed E-state index contributed by atoms with van der Waals surface area (Å²) in [6.45, 7) is 4.33. The molecule has 1 heterocycles. The van der Waals surface area contributed by atoms with E-state index in [0.29, 0.717) is 29.4 Å². The third-order valence-corrected chi connectivity index (χ3v) is 2.25. The van der Waals surface area contributed by atoms with E-state index in [0.717, 1.165) is 5.57 Å². The van der Waals surface area contributed by atoms with E-state index in [2.05, 4.69) is 6.58 Å². The van der Waals surface area contributed by atoms with Crippen molar-refractivity contribution in [3.05, 3.63) is 35.1 Å². The molecule has 0 amide bonds. The smallest absolute Gasteiger partial charge is 0.135 e. The maximum Gasteiger partial charge on any atom is 0.135 e. The van der Waals surface area contributed by atoms with Gasteiger partial charge in [0.2, 0.25) is 0 Å². The van der Waals surface area contributed by atoms with Gasteiger partial charge in [-0.2, -0.15) is 0 Å². The molecule has 0 saturated heterocycles. The molecule has 0 aromatic heterocycles. The molecule has 68 valence electrons. The van der Waals surface area contributed by atoms with Crippen molar-refractivity contribution in [1.82, 2.24) is 0 Å². The lowest BCUT2D eigenvalue weighted by molar-refractivity contribution is 0.313. The highest BCUT2D eigenvalue weighted by Gasteiger charge is 2.18. The Morgan fingerprint density at radius 2 is 2.23 bits per heavy atom. The maximum absolute atomic E-state index is 13.4. The molecule has 3 heteroatoms. The average molecular weight is 199 g/mol. The Balaban J connectivity index is 2.63. The maximum atomic E-state index is 13.4. The minimum Gasteiger partial charge on any atom is -0.492 e. The third kappa shape index (κ3) is 1.42. The normalized spacial score (nSPS) is 15.1. The van der Waals surface area contributed by atoms with Gasteiger partial charge in [-0.25, -0.2) is 4.39 Å². The molecule has 1 aromatic rings. The van der Waals surface area contributed by atoms with Crippen LogP contribution in [0.2, 0.25) is 5.02 Å². The summed E-state index contributed by atoms with van der Waals surface area (Å²) in [4.78, 5) is 0. The Hall–Kier alpha value is -1.02. The summed E-state index contributed by atoms with van der Waals surface area (Å²) in [6.07, 6.45) is 0.672. The second kappa shape index (κ2) is 3.04. The second-order valence-corrected chi connectivity index (χ2v) is 3.40. The van der Waals surface area contributed by atoms with Gasteiger partial charge in [-0.3, -0.25) is 0 Å². The van der Waals surface area contributed by atoms with Crippen LogP contribution < -0.4 is 4.74 Å². The van der Waals surface area contributed by atoms with E-state index in [9.17, 15) is 4.39 Å². The van der Waals surface area contributed by atoms with Crippen LogP contribution in [0.1, 0.15) is 12.0 Å². The molecule has 0 spiro atoms. The van der Waals surface area contributed by atoms with Gasteiger partial charge in [-0.1, -0.05) is 18.2 Å². The molecule has 0 unspecified atom stereocenters. The van der Waals surface area contributed by atoms with Crippen LogP contribution in [0.4, 0.5) is 4.39 Å². The van der Waals surface area contributed by atoms with Crippen LogP contribution in [0.3, 0.4) is 0 Å². The van der Waals surface area contributed by atoms with Crippen LogP contribution >= 0.6 is 11.6 Å². The average Bonchev–Trinajstić information content (AvgIpc) is 2.02. The first kappa shape index (κ1) is 8.57. The molecule has 0 radical (unpaired) electrons. The molecule has 1 aliphatic rings. The van der Waals surface area contributed by atoms with Crippen molar-refractivity contribution in [2.75, 3.05) is 6.61 Å². The lowest BCUT2D eigenvalue weighted by Gasteiger charge is -2.19. The largest absolute Gasteiger partial charge is 0.492 e. The van der Waals surface area contributed by atoms with Crippen LogP contribution in [-0.2, 0) is 0 Å². The van der Waals surface area contributed by atoms with Crippen LogP contribution in [-0.4, -0.2) is 6.61 Å². The van der Waals surface area contributed by atoms with Gasteiger partial charge < -0.3 is 4.74 Å². The number of hydrogen-bond acceptors (Lipinski definition) is 1. The molecule has 0 aliphatic carbocycles. The van der Waals surface area contributed by atoms with Crippen molar-refractivity contribution in [3.8, 4) is 5.75 Å². The zero-order chi connectivity index (χ0) is 9.42. The molecule has 0 fully saturated rings.